The van der Waals surface area contributed by atoms with Gasteiger partial charge in [-0.05, 0) is 19.1 Å². The molecule has 0 aromatic carbocycles. The molecule has 2 aromatic heterocycles. The molecule has 100 valence electrons. The third kappa shape index (κ3) is 4.03. The zero-order valence-corrected chi connectivity index (χ0v) is 11.5. The minimum atomic E-state index is -0.156. The van der Waals surface area contributed by atoms with Crippen LogP contribution in [0.5, 0.6) is 0 Å². The lowest BCUT2D eigenvalue weighted by atomic mass is 10.3. The molecule has 0 radical (unpaired) electrons. The van der Waals surface area contributed by atoms with Crippen molar-refractivity contribution in [2.45, 2.75) is 13.3 Å². The van der Waals surface area contributed by atoms with Crippen molar-refractivity contribution >= 4 is 23.1 Å². The molecule has 19 heavy (non-hydrogen) atoms. The van der Waals surface area contributed by atoms with Crippen LogP contribution in [0.25, 0.3) is 0 Å². The predicted octanol–water partition coefficient (Wildman–Crippen LogP) is 1.94. The summed E-state index contributed by atoms with van der Waals surface area (Å²) in [5, 5.41) is 8.88. The van der Waals surface area contributed by atoms with Gasteiger partial charge in [0.25, 0.3) is 5.91 Å². The molecule has 2 heterocycles. The Kier molecular flexibility index (Phi) is 4.85. The van der Waals surface area contributed by atoms with Crippen molar-refractivity contribution < 1.29 is 4.79 Å². The van der Waals surface area contributed by atoms with Crippen molar-refractivity contribution in [3.8, 4) is 0 Å². The molecule has 1 amide bonds. The third-order valence-electron chi connectivity index (χ3n) is 2.45. The van der Waals surface area contributed by atoms with E-state index in [2.05, 4.69) is 20.6 Å². The SMILES string of the molecule is CCNc1cccc(C(=O)NCCc2nccs2)n1. The Morgan fingerprint density at radius 2 is 2.32 bits per heavy atom. The standard InChI is InChI=1S/C13H16N4OS/c1-2-14-11-5-3-4-10(17-11)13(18)16-7-6-12-15-8-9-19-12/h3-5,8-9H,2,6-7H2,1H3,(H,14,17)(H,16,18). The second-order valence-corrected chi connectivity index (χ2v) is 4.85. The number of rotatable bonds is 6. The molecule has 0 unspecified atom stereocenters. The van der Waals surface area contributed by atoms with Gasteiger partial charge in [0.05, 0.1) is 5.01 Å². The minimum absolute atomic E-state index is 0.156. The van der Waals surface area contributed by atoms with E-state index in [0.717, 1.165) is 23.8 Å². The van der Waals surface area contributed by atoms with Crippen LogP contribution in [0.4, 0.5) is 5.82 Å². The lowest BCUT2D eigenvalue weighted by Crippen LogP contribution is -2.26. The van der Waals surface area contributed by atoms with E-state index in [9.17, 15) is 4.79 Å². The van der Waals surface area contributed by atoms with Gasteiger partial charge in [0.2, 0.25) is 0 Å². The van der Waals surface area contributed by atoms with Crippen LogP contribution in [0.1, 0.15) is 22.4 Å². The molecule has 0 atom stereocenters. The highest BCUT2D eigenvalue weighted by molar-refractivity contribution is 7.09. The summed E-state index contributed by atoms with van der Waals surface area (Å²) < 4.78 is 0. The van der Waals surface area contributed by atoms with Crippen LogP contribution in [0.2, 0.25) is 0 Å². The van der Waals surface area contributed by atoms with E-state index >= 15 is 0 Å². The van der Waals surface area contributed by atoms with Crippen molar-refractivity contribution in [2.75, 3.05) is 18.4 Å². The molecule has 0 aliphatic rings. The fraction of sp³-hybridized carbons (Fsp3) is 0.308. The quantitative estimate of drug-likeness (QED) is 0.846. The molecule has 0 saturated heterocycles. The van der Waals surface area contributed by atoms with Gasteiger partial charge < -0.3 is 10.6 Å². The van der Waals surface area contributed by atoms with E-state index in [1.165, 1.54) is 0 Å². The summed E-state index contributed by atoms with van der Waals surface area (Å²) in [5.74, 6) is 0.561. The van der Waals surface area contributed by atoms with Gasteiger partial charge in [-0.3, -0.25) is 4.79 Å². The molecule has 0 spiro atoms. The zero-order chi connectivity index (χ0) is 13.5. The summed E-state index contributed by atoms with van der Waals surface area (Å²) in [7, 11) is 0. The lowest BCUT2D eigenvalue weighted by molar-refractivity contribution is 0.0949. The highest BCUT2D eigenvalue weighted by Gasteiger charge is 2.07. The average molecular weight is 276 g/mol. The topological polar surface area (TPSA) is 66.9 Å². The maximum atomic E-state index is 11.9. The number of thiazole rings is 1. The Hall–Kier alpha value is -1.95. The van der Waals surface area contributed by atoms with Crippen molar-refractivity contribution in [3.05, 3.63) is 40.5 Å². The van der Waals surface area contributed by atoms with E-state index in [1.807, 2.05) is 24.4 Å². The summed E-state index contributed by atoms with van der Waals surface area (Å²) in [4.78, 5) is 20.3. The van der Waals surface area contributed by atoms with Crippen molar-refractivity contribution in [3.63, 3.8) is 0 Å². The summed E-state index contributed by atoms with van der Waals surface area (Å²) in [5.41, 5.74) is 0.428. The minimum Gasteiger partial charge on any atom is -0.370 e. The van der Waals surface area contributed by atoms with Crippen molar-refractivity contribution in [1.29, 1.82) is 0 Å². The highest BCUT2D eigenvalue weighted by Crippen LogP contribution is 2.05. The molecular formula is C13H16N4OS. The van der Waals surface area contributed by atoms with Crippen LogP contribution in [0.15, 0.2) is 29.8 Å². The van der Waals surface area contributed by atoms with Crippen LogP contribution < -0.4 is 10.6 Å². The van der Waals surface area contributed by atoms with Crippen LogP contribution in [-0.4, -0.2) is 29.0 Å². The molecule has 0 aliphatic heterocycles. The zero-order valence-electron chi connectivity index (χ0n) is 10.7. The number of amides is 1. The Labute approximate surface area is 116 Å². The maximum absolute atomic E-state index is 11.9. The van der Waals surface area contributed by atoms with Crippen molar-refractivity contribution in [1.82, 2.24) is 15.3 Å². The molecule has 2 N–H and O–H groups in total. The fourth-order valence-electron chi connectivity index (χ4n) is 1.59. The molecule has 5 nitrogen and oxygen atoms in total. The number of nitrogens with one attached hydrogen (secondary N) is 2. The van der Waals surface area contributed by atoms with Crippen molar-refractivity contribution in [2.24, 2.45) is 0 Å². The lowest BCUT2D eigenvalue weighted by Gasteiger charge is -2.06. The van der Waals surface area contributed by atoms with E-state index in [-0.39, 0.29) is 5.91 Å². The third-order valence-corrected chi connectivity index (χ3v) is 3.29. The fourth-order valence-corrected chi connectivity index (χ4v) is 2.21. The molecule has 2 aromatic rings. The average Bonchev–Trinajstić information content (AvgIpc) is 2.92. The number of anilines is 1. The van der Waals surface area contributed by atoms with E-state index < -0.39 is 0 Å². The summed E-state index contributed by atoms with van der Waals surface area (Å²) in [6.45, 7) is 3.34. The molecule has 6 heteroatoms. The number of aromatic nitrogens is 2. The van der Waals surface area contributed by atoms with Gasteiger partial charge in [-0.15, -0.1) is 11.3 Å². The molecule has 0 saturated carbocycles. The first-order chi connectivity index (χ1) is 9.29. The summed E-state index contributed by atoms with van der Waals surface area (Å²) >= 11 is 1.59. The number of nitrogens with zero attached hydrogens (tertiary/aromatic N) is 2. The Morgan fingerprint density at radius 3 is 3.05 bits per heavy atom. The normalized spacial score (nSPS) is 10.2. The van der Waals surface area contributed by atoms with Crippen LogP contribution in [0.3, 0.4) is 0 Å². The number of hydrogen-bond donors (Lipinski definition) is 2. The highest BCUT2D eigenvalue weighted by atomic mass is 32.1. The van der Waals surface area contributed by atoms with Gasteiger partial charge in [-0.2, -0.15) is 0 Å². The maximum Gasteiger partial charge on any atom is 0.269 e. The van der Waals surface area contributed by atoms with E-state index in [1.54, 1.807) is 23.6 Å². The molecular weight excluding hydrogens is 260 g/mol. The van der Waals surface area contributed by atoms with Gasteiger partial charge in [0.1, 0.15) is 11.5 Å². The number of hydrogen-bond acceptors (Lipinski definition) is 5. The van der Waals surface area contributed by atoms with Gasteiger partial charge in [0, 0.05) is 31.1 Å². The number of pyridine rings is 1. The van der Waals surface area contributed by atoms with E-state index in [0.29, 0.717) is 12.2 Å². The molecule has 0 fully saturated rings. The van der Waals surface area contributed by atoms with Gasteiger partial charge in [-0.1, -0.05) is 6.07 Å². The molecule has 0 aliphatic carbocycles. The van der Waals surface area contributed by atoms with Gasteiger partial charge in [-0.25, -0.2) is 9.97 Å². The van der Waals surface area contributed by atoms with Crippen LogP contribution >= 0.6 is 11.3 Å². The van der Waals surface area contributed by atoms with E-state index in [4.69, 9.17) is 0 Å². The monoisotopic (exact) mass is 276 g/mol. The molecule has 2 rings (SSSR count). The predicted molar refractivity (Wildman–Crippen MR) is 76.6 cm³/mol. The van der Waals surface area contributed by atoms with Gasteiger partial charge in [0.15, 0.2) is 0 Å². The summed E-state index contributed by atoms with van der Waals surface area (Å²) in [6, 6.07) is 5.37. The molecule has 0 bridgehead atoms. The van der Waals surface area contributed by atoms with Crippen LogP contribution in [-0.2, 0) is 6.42 Å². The Bertz CT molecular complexity index is 527. The second-order valence-electron chi connectivity index (χ2n) is 3.87. The van der Waals surface area contributed by atoms with Gasteiger partial charge >= 0.3 is 0 Å². The first-order valence-corrected chi connectivity index (χ1v) is 7.05. The largest absolute Gasteiger partial charge is 0.370 e. The smallest absolute Gasteiger partial charge is 0.269 e. The second kappa shape index (κ2) is 6.84. The first kappa shape index (κ1) is 13.5. The Balaban J connectivity index is 1.87. The van der Waals surface area contributed by atoms with Crippen LogP contribution in [0, 0.1) is 0 Å². The number of carbonyl (C=O) groups is 1. The number of carbonyl (C=O) groups excluding carboxylic acids is 1. The first-order valence-electron chi connectivity index (χ1n) is 6.17. The Morgan fingerprint density at radius 1 is 1.42 bits per heavy atom. The summed E-state index contributed by atoms with van der Waals surface area (Å²) in [6.07, 6.45) is 2.51.